The summed E-state index contributed by atoms with van der Waals surface area (Å²) in [6.07, 6.45) is 2.22. The summed E-state index contributed by atoms with van der Waals surface area (Å²) in [5.41, 5.74) is 1.26. The van der Waals surface area contributed by atoms with Crippen LogP contribution in [0.5, 0.6) is 5.75 Å². The molecule has 6 heteroatoms. The highest BCUT2D eigenvalue weighted by atomic mass is 79.9. The maximum absolute atomic E-state index is 13.2. The van der Waals surface area contributed by atoms with E-state index in [1.165, 1.54) is 6.26 Å². The molecule has 0 atom stereocenters. The van der Waals surface area contributed by atoms with Crippen LogP contribution in [0.4, 0.5) is 0 Å². The molecule has 4 aromatic rings. The van der Waals surface area contributed by atoms with Gasteiger partial charge in [-0.2, -0.15) is 0 Å². The van der Waals surface area contributed by atoms with Crippen molar-refractivity contribution in [3.05, 3.63) is 86.7 Å². The molecular weight excluding hydrogens is 424 g/mol. The Morgan fingerprint density at radius 2 is 1.96 bits per heavy atom. The molecule has 4 rings (SSSR count). The first-order chi connectivity index (χ1) is 13.6. The topological polar surface area (TPSA) is 69.7 Å². The number of fused-ring (bicyclic) bond motifs is 1. The van der Waals surface area contributed by atoms with E-state index in [1.807, 2.05) is 13.0 Å². The number of carbonyl (C=O) groups is 1. The lowest BCUT2D eigenvalue weighted by Crippen LogP contribution is -2.16. The van der Waals surface area contributed by atoms with Crippen molar-refractivity contribution in [1.82, 2.24) is 0 Å². The van der Waals surface area contributed by atoms with Gasteiger partial charge in [0.2, 0.25) is 16.9 Å². The van der Waals surface area contributed by atoms with E-state index in [0.29, 0.717) is 22.3 Å². The quantitative estimate of drug-likeness (QED) is 0.388. The molecule has 2 heterocycles. The summed E-state index contributed by atoms with van der Waals surface area (Å²) in [6, 6.07) is 15.4. The first-order valence-corrected chi connectivity index (χ1v) is 9.47. The highest BCUT2D eigenvalue weighted by molar-refractivity contribution is 9.10. The van der Waals surface area contributed by atoms with Crippen molar-refractivity contribution in [3.8, 4) is 17.3 Å². The second kappa shape index (κ2) is 7.48. The molecular formula is C22H15BrO5. The molecule has 5 nitrogen and oxygen atoms in total. The highest BCUT2D eigenvalue weighted by Gasteiger charge is 2.23. The zero-order valence-electron chi connectivity index (χ0n) is 14.9. The van der Waals surface area contributed by atoms with Gasteiger partial charge in [-0.05, 0) is 54.4 Å². The van der Waals surface area contributed by atoms with Gasteiger partial charge >= 0.3 is 5.97 Å². The zero-order valence-corrected chi connectivity index (χ0v) is 16.5. The van der Waals surface area contributed by atoms with Crippen LogP contribution in [-0.4, -0.2) is 5.97 Å². The summed E-state index contributed by atoms with van der Waals surface area (Å²) in [5, 5.41) is 0.353. The number of hydrogen-bond acceptors (Lipinski definition) is 5. The normalized spacial score (nSPS) is 10.9. The smallest absolute Gasteiger partial charge is 0.343 e. The molecule has 2 aromatic carbocycles. The average molecular weight is 439 g/mol. The Balaban J connectivity index is 1.89. The van der Waals surface area contributed by atoms with Gasteiger partial charge < -0.3 is 13.6 Å². The minimum absolute atomic E-state index is 0.0788. The van der Waals surface area contributed by atoms with Crippen LogP contribution in [0.2, 0.25) is 0 Å². The molecule has 0 amide bonds. The standard InChI is InChI=1S/C22H15BrO5/c1-2-13-8-9-17-16(11-13)19(24)21(20(27-17)18-7-4-10-26-18)28-22(25)14-5-3-6-15(23)12-14/h3-12H,2H2,1H3. The fourth-order valence-corrected chi connectivity index (χ4v) is 3.27. The van der Waals surface area contributed by atoms with Gasteiger partial charge in [0.05, 0.1) is 17.2 Å². The number of halogens is 1. The van der Waals surface area contributed by atoms with E-state index < -0.39 is 11.4 Å². The molecule has 0 aliphatic heterocycles. The summed E-state index contributed by atoms with van der Waals surface area (Å²) in [6.45, 7) is 1.99. The molecule has 28 heavy (non-hydrogen) atoms. The SMILES string of the molecule is CCc1ccc2oc(-c3ccco3)c(OC(=O)c3cccc(Br)c3)c(=O)c2c1. The molecule has 0 spiro atoms. The van der Waals surface area contributed by atoms with Crippen molar-refractivity contribution >= 4 is 32.9 Å². The van der Waals surface area contributed by atoms with Gasteiger partial charge in [-0.15, -0.1) is 0 Å². The number of furan rings is 1. The first-order valence-electron chi connectivity index (χ1n) is 8.68. The van der Waals surface area contributed by atoms with E-state index in [2.05, 4.69) is 15.9 Å². The van der Waals surface area contributed by atoms with E-state index in [-0.39, 0.29) is 11.5 Å². The van der Waals surface area contributed by atoms with Crippen molar-refractivity contribution in [2.24, 2.45) is 0 Å². The molecule has 0 radical (unpaired) electrons. The third-order valence-corrected chi connectivity index (χ3v) is 4.81. The van der Waals surface area contributed by atoms with Crippen LogP contribution in [0, 0.1) is 0 Å². The van der Waals surface area contributed by atoms with E-state index in [0.717, 1.165) is 16.5 Å². The monoisotopic (exact) mass is 438 g/mol. The molecule has 0 aliphatic carbocycles. The minimum atomic E-state index is -0.660. The van der Waals surface area contributed by atoms with Crippen LogP contribution in [-0.2, 0) is 6.42 Å². The van der Waals surface area contributed by atoms with Crippen LogP contribution < -0.4 is 10.2 Å². The van der Waals surface area contributed by atoms with E-state index in [4.69, 9.17) is 13.6 Å². The minimum Gasteiger partial charge on any atom is -0.461 e. The third kappa shape index (κ3) is 3.39. The maximum atomic E-state index is 13.2. The Hall–Kier alpha value is -3.12. The van der Waals surface area contributed by atoms with Gasteiger partial charge in [0.15, 0.2) is 5.76 Å². The van der Waals surface area contributed by atoms with Crippen LogP contribution in [0.15, 0.2) is 79.0 Å². The van der Waals surface area contributed by atoms with Crippen molar-refractivity contribution in [2.75, 3.05) is 0 Å². The number of rotatable bonds is 4. The lowest BCUT2D eigenvalue weighted by Gasteiger charge is -2.10. The van der Waals surface area contributed by atoms with Crippen LogP contribution in [0.3, 0.4) is 0 Å². The summed E-state index contributed by atoms with van der Waals surface area (Å²) in [7, 11) is 0. The van der Waals surface area contributed by atoms with Crippen LogP contribution in [0.1, 0.15) is 22.8 Å². The Labute approximate surface area is 168 Å². The molecule has 0 aliphatic rings. The molecule has 0 fully saturated rings. The molecule has 0 bridgehead atoms. The lowest BCUT2D eigenvalue weighted by molar-refractivity contribution is 0.0731. The van der Waals surface area contributed by atoms with Gasteiger partial charge in [-0.3, -0.25) is 4.79 Å². The molecule has 0 saturated heterocycles. The van der Waals surface area contributed by atoms with Crippen molar-refractivity contribution in [2.45, 2.75) is 13.3 Å². The number of benzene rings is 2. The molecule has 0 N–H and O–H groups in total. The molecule has 140 valence electrons. The van der Waals surface area contributed by atoms with Crippen molar-refractivity contribution < 1.29 is 18.4 Å². The van der Waals surface area contributed by atoms with Gasteiger partial charge in [0.25, 0.3) is 0 Å². The van der Waals surface area contributed by atoms with Gasteiger partial charge in [-0.1, -0.05) is 35.0 Å². The Bertz CT molecular complexity index is 1220. The Morgan fingerprint density at radius 1 is 1.11 bits per heavy atom. The third-order valence-electron chi connectivity index (χ3n) is 4.32. The summed E-state index contributed by atoms with van der Waals surface area (Å²) < 4.78 is 17.5. The van der Waals surface area contributed by atoms with E-state index in [9.17, 15) is 9.59 Å². The Morgan fingerprint density at radius 3 is 2.68 bits per heavy atom. The van der Waals surface area contributed by atoms with Gasteiger partial charge in [-0.25, -0.2) is 4.79 Å². The number of esters is 1. The summed E-state index contributed by atoms with van der Waals surface area (Å²) >= 11 is 3.32. The molecule has 0 saturated carbocycles. The van der Waals surface area contributed by atoms with E-state index >= 15 is 0 Å². The second-order valence-electron chi connectivity index (χ2n) is 6.15. The predicted molar refractivity (Wildman–Crippen MR) is 109 cm³/mol. The number of aryl methyl sites for hydroxylation is 1. The fourth-order valence-electron chi connectivity index (χ4n) is 2.87. The maximum Gasteiger partial charge on any atom is 0.343 e. The predicted octanol–water partition coefficient (Wildman–Crippen LogP) is 5.60. The van der Waals surface area contributed by atoms with Gasteiger partial charge in [0.1, 0.15) is 5.58 Å². The van der Waals surface area contributed by atoms with Crippen molar-refractivity contribution in [3.63, 3.8) is 0 Å². The largest absolute Gasteiger partial charge is 0.461 e. The summed E-state index contributed by atoms with van der Waals surface area (Å²) in [4.78, 5) is 25.8. The van der Waals surface area contributed by atoms with Crippen LogP contribution in [0.25, 0.3) is 22.5 Å². The molecule has 2 aromatic heterocycles. The summed E-state index contributed by atoms with van der Waals surface area (Å²) in [5.74, 6) is -0.473. The Kier molecular flexibility index (Phi) is 4.88. The fraction of sp³-hybridized carbons (Fsp3) is 0.0909. The first kappa shape index (κ1) is 18.3. The highest BCUT2D eigenvalue weighted by Crippen LogP contribution is 2.32. The number of carbonyl (C=O) groups excluding carboxylic acids is 1. The zero-order chi connectivity index (χ0) is 19.7. The number of hydrogen-bond donors (Lipinski definition) is 0. The second-order valence-corrected chi connectivity index (χ2v) is 7.07. The van der Waals surface area contributed by atoms with Crippen molar-refractivity contribution in [1.29, 1.82) is 0 Å². The lowest BCUT2D eigenvalue weighted by atomic mass is 10.1. The van der Waals surface area contributed by atoms with Gasteiger partial charge in [0, 0.05) is 4.47 Å². The molecule has 0 unspecified atom stereocenters. The number of ether oxygens (including phenoxy) is 1. The average Bonchev–Trinajstić information content (AvgIpc) is 3.24. The van der Waals surface area contributed by atoms with Crippen LogP contribution >= 0.6 is 15.9 Å². The van der Waals surface area contributed by atoms with E-state index in [1.54, 1.807) is 48.5 Å².